The minimum absolute atomic E-state index is 0.204. The maximum absolute atomic E-state index is 12.4. The number of ether oxygens (including phenoxy) is 5. The Hall–Kier alpha value is -0.770. The first-order valence-corrected chi connectivity index (χ1v) is 16.4. The fourth-order valence-electron chi connectivity index (χ4n) is 6.48. The number of aliphatic hydroxyl groups excluding tert-OH is 8. The molecule has 0 spiro atoms. The Kier molecular flexibility index (Phi) is 13.3. The van der Waals surface area contributed by atoms with Gasteiger partial charge in [-0.05, 0) is 12.8 Å². The first kappa shape index (κ1) is 39.7. The molecule has 272 valence electrons. The summed E-state index contributed by atoms with van der Waals surface area (Å²) in [4.78, 5) is 0. The normalized spacial score (nSPS) is 47.0. The van der Waals surface area contributed by atoms with Crippen LogP contribution in [0.25, 0.3) is 0 Å². The summed E-state index contributed by atoms with van der Waals surface area (Å²) in [6.45, 7) is -0.0470. The summed E-state index contributed by atoms with van der Waals surface area (Å²) >= 11 is 0. The standard InChI is InChI=1S/C25H49N3O17S/c1-3-5-11(32)24(8-31)25(37,12(4-2)46(38,39)40)20(35)15(28)23(45-24)44-19-10(7-30)42-22(14(27)17(19)34)43-18-9(6-29)41-21(36)13(26)16(18)33/h9-23,29-37H,3-8,26-28H2,1-2H3,(H,38,39,40)/t9-,10-,11?,12?,13-,14-,15-,16-,17-,18?,19?,20-,21-,22+,23+,24-,25+/m1/s1. The molecular weight excluding hydrogens is 646 g/mol. The topological polar surface area (TPSA) is 361 Å². The zero-order chi connectivity index (χ0) is 34.9. The van der Waals surface area contributed by atoms with Crippen molar-refractivity contribution in [2.75, 3.05) is 19.8 Å². The first-order chi connectivity index (χ1) is 21.4. The molecule has 0 radical (unpaired) electrons. The van der Waals surface area contributed by atoms with Gasteiger partial charge in [-0.25, -0.2) is 0 Å². The lowest BCUT2D eigenvalue weighted by Gasteiger charge is -2.59. The third-order valence-electron chi connectivity index (χ3n) is 9.09. The van der Waals surface area contributed by atoms with Crippen LogP contribution in [0.4, 0.5) is 0 Å². The van der Waals surface area contributed by atoms with E-state index in [1.165, 1.54) is 6.92 Å². The molecule has 16 N–H and O–H groups in total. The average molecular weight is 696 g/mol. The van der Waals surface area contributed by atoms with Crippen LogP contribution in [-0.2, 0) is 33.8 Å². The van der Waals surface area contributed by atoms with Gasteiger partial charge in [-0.3, -0.25) is 4.55 Å². The van der Waals surface area contributed by atoms with Gasteiger partial charge in [0.2, 0.25) is 0 Å². The van der Waals surface area contributed by atoms with Crippen molar-refractivity contribution >= 4 is 10.1 Å². The Labute approximate surface area is 265 Å². The molecule has 0 saturated carbocycles. The molecule has 3 saturated heterocycles. The van der Waals surface area contributed by atoms with Gasteiger partial charge in [0.15, 0.2) is 24.5 Å². The fourth-order valence-corrected chi connectivity index (χ4v) is 7.70. The predicted molar refractivity (Wildman–Crippen MR) is 152 cm³/mol. The summed E-state index contributed by atoms with van der Waals surface area (Å²) in [6, 6.07) is -4.75. The van der Waals surface area contributed by atoms with E-state index >= 15 is 0 Å². The van der Waals surface area contributed by atoms with Crippen LogP contribution in [0.3, 0.4) is 0 Å². The molecule has 21 heteroatoms. The number of hydrogen-bond donors (Lipinski definition) is 13. The molecular formula is C25H49N3O17S. The molecule has 20 nitrogen and oxygen atoms in total. The molecule has 3 rings (SSSR count). The lowest BCUT2D eigenvalue weighted by atomic mass is 9.67. The van der Waals surface area contributed by atoms with Crippen molar-refractivity contribution in [2.45, 2.75) is 135 Å². The zero-order valence-corrected chi connectivity index (χ0v) is 26.2. The van der Waals surface area contributed by atoms with Crippen LogP contribution < -0.4 is 17.2 Å². The van der Waals surface area contributed by atoms with Gasteiger partial charge in [-0.2, -0.15) is 8.42 Å². The van der Waals surface area contributed by atoms with E-state index in [0.717, 1.165) is 0 Å². The van der Waals surface area contributed by atoms with Crippen molar-refractivity contribution in [3.8, 4) is 0 Å². The van der Waals surface area contributed by atoms with Crippen LogP contribution >= 0.6 is 0 Å². The van der Waals surface area contributed by atoms with Gasteiger partial charge in [0.05, 0.1) is 44.1 Å². The molecule has 4 unspecified atom stereocenters. The smallest absolute Gasteiger partial charge is 0.270 e. The highest BCUT2D eigenvalue weighted by Gasteiger charge is 2.71. The second-order valence-corrected chi connectivity index (χ2v) is 13.5. The molecule has 0 aromatic rings. The van der Waals surface area contributed by atoms with Crippen molar-refractivity contribution < 1.29 is 82.6 Å². The molecule has 17 atom stereocenters. The minimum Gasteiger partial charge on any atom is -0.394 e. The van der Waals surface area contributed by atoms with Crippen molar-refractivity contribution in [1.82, 2.24) is 0 Å². The van der Waals surface area contributed by atoms with Crippen LogP contribution in [0.2, 0.25) is 0 Å². The Morgan fingerprint density at radius 1 is 0.848 bits per heavy atom. The van der Waals surface area contributed by atoms with Gasteiger partial charge in [0.25, 0.3) is 10.1 Å². The van der Waals surface area contributed by atoms with E-state index < -0.39 is 139 Å². The summed E-state index contributed by atoms with van der Waals surface area (Å²) in [5.41, 5.74) is 12.2. The van der Waals surface area contributed by atoms with E-state index in [1.54, 1.807) is 6.92 Å². The summed E-state index contributed by atoms with van der Waals surface area (Å²) in [5.74, 6) is 0. The van der Waals surface area contributed by atoms with Gasteiger partial charge in [-0.1, -0.05) is 20.3 Å². The summed E-state index contributed by atoms with van der Waals surface area (Å²) in [6.07, 6.45) is -19.2. The lowest BCUT2D eigenvalue weighted by molar-refractivity contribution is -0.389. The number of nitrogens with two attached hydrogens (primary N) is 3. The van der Waals surface area contributed by atoms with Crippen LogP contribution in [0.15, 0.2) is 0 Å². The molecule has 0 amide bonds. The van der Waals surface area contributed by atoms with Gasteiger partial charge in [0, 0.05) is 0 Å². The van der Waals surface area contributed by atoms with E-state index in [1.807, 2.05) is 0 Å². The number of aliphatic hydroxyl groups is 9. The molecule has 3 heterocycles. The van der Waals surface area contributed by atoms with Crippen LogP contribution in [0, 0.1) is 0 Å². The van der Waals surface area contributed by atoms with Crippen molar-refractivity contribution in [3.63, 3.8) is 0 Å². The predicted octanol–water partition coefficient (Wildman–Crippen LogP) is -7.11. The summed E-state index contributed by atoms with van der Waals surface area (Å²) in [5, 5.41) is 94.0. The average Bonchev–Trinajstić information content (AvgIpc) is 3.00. The van der Waals surface area contributed by atoms with E-state index in [9.17, 15) is 58.9 Å². The van der Waals surface area contributed by atoms with E-state index in [-0.39, 0.29) is 12.8 Å². The number of rotatable bonds is 13. The monoisotopic (exact) mass is 695 g/mol. The van der Waals surface area contributed by atoms with E-state index in [2.05, 4.69) is 0 Å². The molecule has 3 fully saturated rings. The van der Waals surface area contributed by atoms with Crippen molar-refractivity contribution in [1.29, 1.82) is 0 Å². The third-order valence-corrected chi connectivity index (χ3v) is 10.5. The molecule has 0 aliphatic carbocycles. The van der Waals surface area contributed by atoms with Crippen LogP contribution in [0.1, 0.15) is 33.1 Å². The SMILES string of the molecule is CCCC(O)[C@@]1(CO)O[C@H](OC2[C@@H](CO)O[C@@H](OC3[C@@H](CO)O[C@@H](O)[C@H](N)[C@H]3O)[C@H](N)[C@H]2O)[C@H](N)[C@@H](O)[C@@]1(O)C(CC)S(=O)(=O)O. The Bertz CT molecular complexity index is 1090. The number of hydrogen-bond acceptors (Lipinski definition) is 19. The molecule has 0 aromatic heterocycles. The fraction of sp³-hybridized carbons (Fsp3) is 1.00. The Morgan fingerprint density at radius 3 is 1.85 bits per heavy atom. The molecule has 0 bridgehead atoms. The largest absolute Gasteiger partial charge is 0.394 e. The van der Waals surface area contributed by atoms with Gasteiger partial charge >= 0.3 is 0 Å². The van der Waals surface area contributed by atoms with Gasteiger partial charge in [0.1, 0.15) is 53.6 Å². The van der Waals surface area contributed by atoms with Crippen LogP contribution in [0.5, 0.6) is 0 Å². The van der Waals surface area contributed by atoms with E-state index in [4.69, 9.17) is 40.9 Å². The van der Waals surface area contributed by atoms with Gasteiger partial charge in [-0.15, -0.1) is 0 Å². The quantitative estimate of drug-likeness (QED) is 0.0796. The second kappa shape index (κ2) is 15.4. The Morgan fingerprint density at radius 2 is 1.37 bits per heavy atom. The van der Waals surface area contributed by atoms with Crippen molar-refractivity contribution in [3.05, 3.63) is 0 Å². The second-order valence-electron chi connectivity index (χ2n) is 11.9. The van der Waals surface area contributed by atoms with Crippen molar-refractivity contribution in [2.24, 2.45) is 17.2 Å². The summed E-state index contributed by atoms with van der Waals surface area (Å²) < 4.78 is 62.9. The van der Waals surface area contributed by atoms with E-state index in [0.29, 0.717) is 0 Å². The minimum atomic E-state index is -5.16. The highest BCUT2D eigenvalue weighted by Crippen LogP contribution is 2.46. The lowest BCUT2D eigenvalue weighted by Crippen LogP contribution is -2.83. The zero-order valence-electron chi connectivity index (χ0n) is 25.4. The molecule has 0 aromatic carbocycles. The van der Waals surface area contributed by atoms with Crippen LogP contribution in [-0.4, -0.2) is 181 Å². The molecule has 46 heavy (non-hydrogen) atoms. The first-order valence-electron chi connectivity index (χ1n) is 14.9. The molecule has 3 aliphatic heterocycles. The summed E-state index contributed by atoms with van der Waals surface area (Å²) in [7, 11) is -5.16. The Balaban J connectivity index is 1.94. The maximum Gasteiger partial charge on any atom is 0.270 e. The highest BCUT2D eigenvalue weighted by atomic mass is 32.2. The maximum atomic E-state index is 12.4. The highest BCUT2D eigenvalue weighted by molar-refractivity contribution is 7.86. The third kappa shape index (κ3) is 6.96. The molecule has 3 aliphatic rings. The van der Waals surface area contributed by atoms with Gasteiger partial charge < -0.3 is 86.8 Å².